The minimum absolute atomic E-state index is 0.177. The van der Waals surface area contributed by atoms with Crippen LogP contribution in [0, 0.1) is 11.3 Å². The lowest BCUT2D eigenvalue weighted by atomic mass is 9.82. The zero-order chi connectivity index (χ0) is 16.9. The fraction of sp³-hybridized carbons (Fsp3) is 0.263. The molecule has 0 saturated heterocycles. The number of carbonyl (C=O) groups is 1. The van der Waals surface area contributed by atoms with Crippen LogP contribution in [0.1, 0.15) is 36.6 Å². The van der Waals surface area contributed by atoms with Crippen LogP contribution in [0.25, 0.3) is 0 Å². The second-order valence-electron chi connectivity index (χ2n) is 5.94. The number of rotatable bonds is 5. The molecule has 1 atom stereocenters. The molecule has 0 aromatic heterocycles. The van der Waals surface area contributed by atoms with Gasteiger partial charge in [0.25, 0.3) is 0 Å². The molecule has 118 valence electrons. The monoisotopic (exact) mass is 308 g/mol. The molecule has 2 N–H and O–H groups in total. The summed E-state index contributed by atoms with van der Waals surface area (Å²) in [4.78, 5) is 12.7. The molecule has 0 saturated carbocycles. The third-order valence-corrected chi connectivity index (χ3v) is 3.97. The van der Waals surface area contributed by atoms with Gasteiger partial charge in [0.15, 0.2) is 0 Å². The Balaban J connectivity index is 2.22. The van der Waals surface area contributed by atoms with Gasteiger partial charge in [-0.25, -0.2) is 0 Å². The van der Waals surface area contributed by atoms with Gasteiger partial charge in [-0.15, -0.1) is 0 Å². The Labute approximate surface area is 136 Å². The molecule has 2 aromatic carbocycles. The molecule has 0 fully saturated rings. The number of aliphatic hydroxyl groups excluding tert-OH is 1. The minimum Gasteiger partial charge on any atom is -0.394 e. The second kappa shape index (κ2) is 7.08. The van der Waals surface area contributed by atoms with Gasteiger partial charge >= 0.3 is 0 Å². The van der Waals surface area contributed by atoms with Crippen molar-refractivity contribution in [1.82, 2.24) is 5.32 Å². The lowest BCUT2D eigenvalue weighted by Crippen LogP contribution is -2.42. The molecule has 1 amide bonds. The van der Waals surface area contributed by atoms with Crippen molar-refractivity contribution in [3.05, 3.63) is 71.3 Å². The summed E-state index contributed by atoms with van der Waals surface area (Å²) in [6.45, 7) is 3.43. The number of amides is 1. The molecule has 0 spiro atoms. The van der Waals surface area contributed by atoms with Gasteiger partial charge in [0, 0.05) is 0 Å². The maximum Gasteiger partial charge on any atom is 0.230 e. The van der Waals surface area contributed by atoms with E-state index in [-0.39, 0.29) is 12.5 Å². The first-order chi connectivity index (χ1) is 11.0. The van der Waals surface area contributed by atoms with E-state index in [0.29, 0.717) is 5.56 Å². The summed E-state index contributed by atoms with van der Waals surface area (Å²) in [6.07, 6.45) is 0. The van der Waals surface area contributed by atoms with Crippen molar-refractivity contribution in [3.63, 3.8) is 0 Å². The maximum absolute atomic E-state index is 12.7. The number of benzene rings is 2. The Hall–Kier alpha value is -2.64. The number of hydrogen-bond donors (Lipinski definition) is 2. The average molecular weight is 308 g/mol. The first-order valence-corrected chi connectivity index (χ1v) is 7.46. The highest BCUT2D eigenvalue weighted by Gasteiger charge is 2.31. The summed E-state index contributed by atoms with van der Waals surface area (Å²) in [5.74, 6) is -0.199. The standard InChI is InChI=1S/C19H20N2O2/c1-19(2,16-10-6-7-14(11-16)12-20)18(23)21-17(13-22)15-8-4-3-5-9-15/h3-11,17,22H,13H2,1-2H3,(H,21,23)/t17-/m1/s1. The molecule has 0 unspecified atom stereocenters. The number of nitriles is 1. The summed E-state index contributed by atoms with van der Waals surface area (Å²) in [5, 5.41) is 21.5. The lowest BCUT2D eigenvalue weighted by Gasteiger charge is -2.27. The Morgan fingerprint density at radius 3 is 2.52 bits per heavy atom. The topological polar surface area (TPSA) is 73.1 Å². The molecule has 0 bridgehead atoms. The largest absolute Gasteiger partial charge is 0.394 e. The molecule has 0 aliphatic rings. The van der Waals surface area contributed by atoms with Crippen LogP contribution in [0.5, 0.6) is 0 Å². The van der Waals surface area contributed by atoms with Crippen molar-refractivity contribution in [2.45, 2.75) is 25.3 Å². The van der Waals surface area contributed by atoms with Crippen molar-refractivity contribution in [2.75, 3.05) is 6.61 Å². The van der Waals surface area contributed by atoms with Crippen LogP contribution in [0.15, 0.2) is 54.6 Å². The summed E-state index contributed by atoms with van der Waals surface area (Å²) >= 11 is 0. The first-order valence-electron chi connectivity index (χ1n) is 7.46. The van der Waals surface area contributed by atoms with Crippen LogP contribution in [-0.4, -0.2) is 17.6 Å². The third-order valence-electron chi connectivity index (χ3n) is 3.97. The van der Waals surface area contributed by atoms with E-state index in [9.17, 15) is 9.90 Å². The normalized spacial score (nSPS) is 12.3. The Morgan fingerprint density at radius 2 is 1.91 bits per heavy atom. The zero-order valence-corrected chi connectivity index (χ0v) is 13.3. The number of hydrogen-bond acceptors (Lipinski definition) is 3. The van der Waals surface area contributed by atoms with Crippen molar-refractivity contribution < 1.29 is 9.90 Å². The summed E-state index contributed by atoms with van der Waals surface area (Å²) in [5.41, 5.74) is 1.32. The van der Waals surface area contributed by atoms with Gasteiger partial charge in [-0.2, -0.15) is 5.26 Å². The summed E-state index contributed by atoms with van der Waals surface area (Å²) in [6, 6.07) is 18.0. The quantitative estimate of drug-likeness (QED) is 0.892. The van der Waals surface area contributed by atoms with Crippen LogP contribution >= 0.6 is 0 Å². The van der Waals surface area contributed by atoms with E-state index in [0.717, 1.165) is 11.1 Å². The van der Waals surface area contributed by atoms with Crippen LogP contribution < -0.4 is 5.32 Å². The van der Waals surface area contributed by atoms with E-state index in [4.69, 9.17) is 5.26 Å². The first kappa shape index (κ1) is 16.7. The van der Waals surface area contributed by atoms with E-state index in [1.54, 1.807) is 32.0 Å². The van der Waals surface area contributed by atoms with Gasteiger partial charge in [-0.05, 0) is 37.1 Å². The van der Waals surface area contributed by atoms with Crippen molar-refractivity contribution in [1.29, 1.82) is 5.26 Å². The average Bonchev–Trinajstić information content (AvgIpc) is 2.60. The predicted octanol–water partition coefficient (Wildman–Crippen LogP) is 2.69. The SMILES string of the molecule is CC(C)(C(=O)N[C@H](CO)c1ccccc1)c1cccc(C#N)c1. The number of nitrogens with zero attached hydrogens (tertiary/aromatic N) is 1. The fourth-order valence-electron chi connectivity index (χ4n) is 2.37. The highest BCUT2D eigenvalue weighted by molar-refractivity contribution is 5.87. The second-order valence-corrected chi connectivity index (χ2v) is 5.94. The van der Waals surface area contributed by atoms with Gasteiger partial charge in [0.2, 0.25) is 5.91 Å². The van der Waals surface area contributed by atoms with Crippen molar-refractivity contribution in [2.24, 2.45) is 0 Å². The molecule has 0 aliphatic carbocycles. The van der Waals surface area contributed by atoms with Crippen molar-refractivity contribution in [3.8, 4) is 6.07 Å². The van der Waals surface area contributed by atoms with Crippen LogP contribution in [0.2, 0.25) is 0 Å². The van der Waals surface area contributed by atoms with Crippen LogP contribution in [0.3, 0.4) is 0 Å². The van der Waals surface area contributed by atoms with E-state index >= 15 is 0 Å². The molecular weight excluding hydrogens is 288 g/mol. The van der Waals surface area contributed by atoms with Gasteiger partial charge in [0.1, 0.15) is 0 Å². The van der Waals surface area contributed by atoms with Gasteiger partial charge in [-0.3, -0.25) is 4.79 Å². The van der Waals surface area contributed by atoms with Gasteiger partial charge in [-0.1, -0.05) is 42.5 Å². The fourth-order valence-corrected chi connectivity index (χ4v) is 2.37. The molecule has 23 heavy (non-hydrogen) atoms. The zero-order valence-electron chi connectivity index (χ0n) is 13.3. The van der Waals surface area contributed by atoms with Gasteiger partial charge < -0.3 is 10.4 Å². The van der Waals surface area contributed by atoms with Crippen LogP contribution in [0.4, 0.5) is 0 Å². The third kappa shape index (κ3) is 3.77. The van der Waals surface area contributed by atoms with E-state index in [1.807, 2.05) is 36.4 Å². The number of carbonyl (C=O) groups excluding carboxylic acids is 1. The summed E-state index contributed by atoms with van der Waals surface area (Å²) < 4.78 is 0. The number of aliphatic hydroxyl groups is 1. The van der Waals surface area contributed by atoms with E-state index in [1.165, 1.54) is 0 Å². The molecule has 2 rings (SSSR count). The molecule has 4 nitrogen and oxygen atoms in total. The highest BCUT2D eigenvalue weighted by atomic mass is 16.3. The molecular formula is C19H20N2O2. The molecule has 0 aliphatic heterocycles. The highest BCUT2D eigenvalue weighted by Crippen LogP contribution is 2.25. The molecule has 4 heteroatoms. The van der Waals surface area contributed by atoms with Crippen molar-refractivity contribution >= 4 is 5.91 Å². The minimum atomic E-state index is -0.810. The summed E-state index contributed by atoms with van der Waals surface area (Å²) in [7, 11) is 0. The van der Waals surface area contributed by atoms with Crippen LogP contribution in [-0.2, 0) is 10.2 Å². The van der Waals surface area contributed by atoms with E-state index in [2.05, 4.69) is 11.4 Å². The number of nitrogens with one attached hydrogen (secondary N) is 1. The van der Waals surface area contributed by atoms with E-state index < -0.39 is 11.5 Å². The Bertz CT molecular complexity index is 718. The molecule has 0 radical (unpaired) electrons. The molecule has 2 aromatic rings. The Kier molecular flexibility index (Phi) is 5.15. The Morgan fingerprint density at radius 1 is 1.22 bits per heavy atom. The maximum atomic E-state index is 12.7. The smallest absolute Gasteiger partial charge is 0.230 e. The van der Waals surface area contributed by atoms with Gasteiger partial charge in [0.05, 0.1) is 29.7 Å². The lowest BCUT2D eigenvalue weighted by molar-refractivity contribution is -0.126. The molecule has 0 heterocycles. The predicted molar refractivity (Wildman–Crippen MR) is 88.6 cm³/mol.